The number of hydrogen-bond acceptors (Lipinski definition) is 3. The van der Waals surface area contributed by atoms with Crippen LogP contribution in [-0.4, -0.2) is 18.3 Å². The van der Waals surface area contributed by atoms with Gasteiger partial charge in [-0.15, -0.1) is 0 Å². The normalized spacial score (nSPS) is 15.2. The lowest BCUT2D eigenvalue weighted by Gasteiger charge is -2.25. The standard InChI is InChI=1S/C12H21NO2/c1-4-12(3,9-14)8-13-7-11-10(2)5-6-15-11/h5-6,13-14H,4,7-9H2,1-3H3. The first-order chi connectivity index (χ1) is 7.11. The zero-order chi connectivity index (χ0) is 11.3. The number of furan rings is 1. The van der Waals surface area contributed by atoms with E-state index in [2.05, 4.69) is 19.2 Å². The summed E-state index contributed by atoms with van der Waals surface area (Å²) in [4.78, 5) is 0. The Labute approximate surface area is 91.5 Å². The Morgan fingerprint density at radius 2 is 2.27 bits per heavy atom. The monoisotopic (exact) mass is 211 g/mol. The van der Waals surface area contributed by atoms with Gasteiger partial charge in [0, 0.05) is 18.6 Å². The van der Waals surface area contributed by atoms with Gasteiger partial charge in [-0.2, -0.15) is 0 Å². The van der Waals surface area contributed by atoms with E-state index in [9.17, 15) is 5.11 Å². The molecule has 0 aromatic carbocycles. The molecule has 3 heteroatoms. The molecule has 0 saturated heterocycles. The van der Waals surface area contributed by atoms with Gasteiger partial charge in [-0.25, -0.2) is 0 Å². The number of aliphatic hydroxyl groups excluding tert-OH is 1. The largest absolute Gasteiger partial charge is 0.468 e. The topological polar surface area (TPSA) is 45.4 Å². The molecule has 1 rings (SSSR count). The van der Waals surface area contributed by atoms with Gasteiger partial charge in [-0.05, 0) is 25.0 Å². The summed E-state index contributed by atoms with van der Waals surface area (Å²) in [5.41, 5.74) is 1.14. The van der Waals surface area contributed by atoms with E-state index in [0.29, 0.717) is 0 Å². The quantitative estimate of drug-likeness (QED) is 0.757. The van der Waals surface area contributed by atoms with Crippen molar-refractivity contribution in [1.29, 1.82) is 0 Å². The highest BCUT2D eigenvalue weighted by atomic mass is 16.3. The molecule has 15 heavy (non-hydrogen) atoms. The molecule has 0 bridgehead atoms. The van der Waals surface area contributed by atoms with Crippen molar-refractivity contribution >= 4 is 0 Å². The number of rotatable bonds is 6. The van der Waals surface area contributed by atoms with Crippen molar-refractivity contribution in [3.05, 3.63) is 23.7 Å². The maximum Gasteiger partial charge on any atom is 0.120 e. The molecule has 0 amide bonds. The predicted octanol–water partition coefficient (Wildman–Crippen LogP) is 2.09. The van der Waals surface area contributed by atoms with E-state index in [-0.39, 0.29) is 12.0 Å². The average molecular weight is 211 g/mol. The smallest absolute Gasteiger partial charge is 0.120 e. The van der Waals surface area contributed by atoms with E-state index >= 15 is 0 Å². The third-order valence-electron chi connectivity index (χ3n) is 3.04. The van der Waals surface area contributed by atoms with E-state index in [1.807, 2.05) is 13.0 Å². The van der Waals surface area contributed by atoms with Gasteiger partial charge >= 0.3 is 0 Å². The molecule has 1 heterocycles. The van der Waals surface area contributed by atoms with Crippen molar-refractivity contribution in [2.45, 2.75) is 33.7 Å². The minimum atomic E-state index is -0.0273. The Hall–Kier alpha value is -0.800. The van der Waals surface area contributed by atoms with Crippen molar-refractivity contribution in [2.24, 2.45) is 5.41 Å². The summed E-state index contributed by atoms with van der Waals surface area (Å²) in [5, 5.41) is 12.6. The first kappa shape index (κ1) is 12.3. The number of nitrogens with one attached hydrogen (secondary N) is 1. The molecular weight excluding hydrogens is 190 g/mol. The summed E-state index contributed by atoms with van der Waals surface area (Å²) in [6, 6.07) is 1.96. The summed E-state index contributed by atoms with van der Waals surface area (Å²) in [6.07, 6.45) is 2.67. The summed E-state index contributed by atoms with van der Waals surface area (Å²) in [6.45, 7) is 7.96. The highest BCUT2D eigenvalue weighted by Crippen LogP contribution is 2.18. The first-order valence-electron chi connectivity index (χ1n) is 5.46. The van der Waals surface area contributed by atoms with Gasteiger partial charge in [0.15, 0.2) is 0 Å². The van der Waals surface area contributed by atoms with Crippen LogP contribution in [0, 0.1) is 12.3 Å². The van der Waals surface area contributed by atoms with Crippen LogP contribution in [0.15, 0.2) is 16.7 Å². The molecule has 0 saturated carbocycles. The van der Waals surface area contributed by atoms with Crippen LogP contribution < -0.4 is 5.32 Å². The van der Waals surface area contributed by atoms with Gasteiger partial charge < -0.3 is 14.8 Å². The fourth-order valence-corrected chi connectivity index (χ4v) is 1.36. The van der Waals surface area contributed by atoms with Gasteiger partial charge in [0.25, 0.3) is 0 Å². The zero-order valence-electron chi connectivity index (χ0n) is 9.84. The van der Waals surface area contributed by atoms with Gasteiger partial charge in [0.2, 0.25) is 0 Å². The molecule has 86 valence electrons. The van der Waals surface area contributed by atoms with Crippen LogP contribution in [0.1, 0.15) is 31.6 Å². The van der Waals surface area contributed by atoms with Gasteiger partial charge in [0.1, 0.15) is 5.76 Å². The number of aliphatic hydroxyl groups is 1. The lowest BCUT2D eigenvalue weighted by Crippen LogP contribution is -2.34. The molecule has 1 aromatic heterocycles. The van der Waals surface area contributed by atoms with E-state index in [1.165, 1.54) is 5.56 Å². The second-order valence-corrected chi connectivity index (χ2v) is 4.45. The van der Waals surface area contributed by atoms with Crippen LogP contribution in [0.4, 0.5) is 0 Å². The molecule has 0 aliphatic heterocycles. The van der Waals surface area contributed by atoms with Crippen LogP contribution in [0.3, 0.4) is 0 Å². The molecule has 3 nitrogen and oxygen atoms in total. The second-order valence-electron chi connectivity index (χ2n) is 4.45. The van der Waals surface area contributed by atoms with Crippen molar-refractivity contribution < 1.29 is 9.52 Å². The Kier molecular flexibility index (Phi) is 4.36. The number of hydrogen-bond donors (Lipinski definition) is 2. The minimum absolute atomic E-state index is 0.0273. The van der Waals surface area contributed by atoms with E-state index in [4.69, 9.17) is 4.42 Å². The summed E-state index contributed by atoms with van der Waals surface area (Å²) in [5.74, 6) is 0.978. The Bertz CT molecular complexity index is 290. The second kappa shape index (κ2) is 5.33. The third-order valence-corrected chi connectivity index (χ3v) is 3.04. The minimum Gasteiger partial charge on any atom is -0.468 e. The summed E-state index contributed by atoms with van der Waals surface area (Å²) < 4.78 is 5.32. The zero-order valence-corrected chi connectivity index (χ0v) is 9.84. The molecule has 0 aliphatic rings. The molecule has 0 radical (unpaired) electrons. The Balaban J connectivity index is 2.36. The summed E-state index contributed by atoms with van der Waals surface area (Å²) in [7, 11) is 0. The van der Waals surface area contributed by atoms with E-state index in [0.717, 1.165) is 25.3 Å². The highest BCUT2D eigenvalue weighted by Gasteiger charge is 2.20. The van der Waals surface area contributed by atoms with Crippen molar-refractivity contribution in [3.8, 4) is 0 Å². The van der Waals surface area contributed by atoms with E-state index < -0.39 is 0 Å². The fourth-order valence-electron chi connectivity index (χ4n) is 1.36. The maximum atomic E-state index is 9.23. The fraction of sp³-hybridized carbons (Fsp3) is 0.667. The number of aryl methyl sites for hydroxylation is 1. The highest BCUT2D eigenvalue weighted by molar-refractivity contribution is 5.14. The van der Waals surface area contributed by atoms with Gasteiger partial charge in [-0.1, -0.05) is 13.8 Å². The van der Waals surface area contributed by atoms with Crippen LogP contribution in [0.5, 0.6) is 0 Å². The lowest BCUT2D eigenvalue weighted by atomic mass is 9.89. The third kappa shape index (κ3) is 3.36. The van der Waals surface area contributed by atoms with Crippen molar-refractivity contribution in [1.82, 2.24) is 5.32 Å². The Morgan fingerprint density at radius 1 is 1.53 bits per heavy atom. The van der Waals surface area contributed by atoms with Gasteiger partial charge in [-0.3, -0.25) is 0 Å². The molecule has 0 aliphatic carbocycles. The molecule has 1 atom stereocenters. The first-order valence-corrected chi connectivity index (χ1v) is 5.46. The van der Waals surface area contributed by atoms with Crippen molar-refractivity contribution in [3.63, 3.8) is 0 Å². The molecule has 1 aromatic rings. The average Bonchev–Trinajstić information content (AvgIpc) is 2.64. The summed E-state index contributed by atoms with van der Waals surface area (Å²) >= 11 is 0. The van der Waals surface area contributed by atoms with Crippen LogP contribution in [0.25, 0.3) is 0 Å². The van der Waals surface area contributed by atoms with E-state index in [1.54, 1.807) is 6.26 Å². The van der Waals surface area contributed by atoms with Crippen LogP contribution >= 0.6 is 0 Å². The SMILES string of the molecule is CCC(C)(CO)CNCc1occc1C. The molecule has 1 unspecified atom stereocenters. The van der Waals surface area contributed by atoms with Gasteiger partial charge in [0.05, 0.1) is 12.8 Å². The lowest BCUT2D eigenvalue weighted by molar-refractivity contribution is 0.134. The van der Waals surface area contributed by atoms with Crippen LogP contribution in [0.2, 0.25) is 0 Å². The molecular formula is C12H21NO2. The molecule has 0 spiro atoms. The molecule has 2 N–H and O–H groups in total. The molecule has 0 fully saturated rings. The maximum absolute atomic E-state index is 9.23. The predicted molar refractivity (Wildman–Crippen MR) is 60.6 cm³/mol. The van der Waals surface area contributed by atoms with Crippen LogP contribution in [-0.2, 0) is 6.54 Å². The Morgan fingerprint density at radius 3 is 2.73 bits per heavy atom. The van der Waals surface area contributed by atoms with Crippen molar-refractivity contribution in [2.75, 3.05) is 13.2 Å².